The van der Waals surface area contributed by atoms with Crippen molar-refractivity contribution in [2.75, 3.05) is 12.0 Å². The van der Waals surface area contributed by atoms with Crippen LogP contribution in [0.2, 0.25) is 0 Å². The smallest absolute Gasteiger partial charge is 0.271 e. The molecular weight excluding hydrogens is 237 g/mol. The van der Waals surface area contributed by atoms with Crippen LogP contribution >= 0.6 is 11.8 Å². The molecule has 0 heterocycles. The second-order valence-corrected chi connectivity index (χ2v) is 4.21. The molecule has 0 bridgehead atoms. The topological polar surface area (TPSA) is 38.0 Å². The molecule has 16 heavy (non-hydrogen) atoms. The van der Waals surface area contributed by atoms with E-state index in [1.807, 2.05) is 6.26 Å². The number of rotatable bonds is 4. The zero-order chi connectivity index (χ0) is 12.2. The first-order valence-electron chi connectivity index (χ1n) is 4.61. The molecule has 1 rings (SSSR count). The maximum Gasteiger partial charge on any atom is 0.416 e. The summed E-state index contributed by atoms with van der Waals surface area (Å²) in [5.74, 6) is 5.93. The molecule has 1 atom stereocenters. The summed E-state index contributed by atoms with van der Waals surface area (Å²) in [6.45, 7) is 0. The first-order chi connectivity index (χ1) is 7.49. The summed E-state index contributed by atoms with van der Waals surface area (Å²) in [4.78, 5) is 0. The van der Waals surface area contributed by atoms with E-state index >= 15 is 0 Å². The highest BCUT2D eigenvalue weighted by atomic mass is 32.2. The van der Waals surface area contributed by atoms with Crippen LogP contribution in [0.4, 0.5) is 13.2 Å². The van der Waals surface area contributed by atoms with E-state index in [1.54, 1.807) is 6.07 Å². The molecule has 1 aromatic carbocycles. The van der Waals surface area contributed by atoms with Gasteiger partial charge < -0.3 is 0 Å². The Kier molecular flexibility index (Phi) is 4.64. The molecule has 0 saturated carbocycles. The Morgan fingerprint density at radius 3 is 2.62 bits per heavy atom. The second-order valence-electron chi connectivity index (χ2n) is 3.30. The Bertz CT molecular complexity index is 341. The summed E-state index contributed by atoms with van der Waals surface area (Å²) in [6.07, 6.45) is -2.44. The third-order valence-electron chi connectivity index (χ3n) is 2.15. The SMILES string of the molecule is CSCC(NN)c1cccc(C(F)(F)F)c1. The summed E-state index contributed by atoms with van der Waals surface area (Å²) in [5.41, 5.74) is 2.41. The van der Waals surface area contributed by atoms with E-state index in [0.29, 0.717) is 11.3 Å². The highest BCUT2D eigenvalue weighted by Gasteiger charge is 2.30. The summed E-state index contributed by atoms with van der Waals surface area (Å²) in [5, 5.41) is 0. The van der Waals surface area contributed by atoms with E-state index < -0.39 is 11.7 Å². The first kappa shape index (κ1) is 13.3. The summed E-state index contributed by atoms with van der Waals surface area (Å²) in [6, 6.07) is 4.94. The lowest BCUT2D eigenvalue weighted by Gasteiger charge is -2.16. The van der Waals surface area contributed by atoms with E-state index in [4.69, 9.17) is 5.84 Å². The molecule has 0 amide bonds. The van der Waals surface area contributed by atoms with Gasteiger partial charge in [0.25, 0.3) is 0 Å². The van der Waals surface area contributed by atoms with Crippen molar-refractivity contribution in [3.63, 3.8) is 0 Å². The van der Waals surface area contributed by atoms with Crippen LogP contribution in [0.15, 0.2) is 24.3 Å². The fraction of sp³-hybridized carbons (Fsp3) is 0.400. The number of thioether (sulfide) groups is 1. The summed E-state index contributed by atoms with van der Waals surface area (Å²) < 4.78 is 37.4. The molecule has 0 saturated heterocycles. The third kappa shape index (κ3) is 3.40. The maximum absolute atomic E-state index is 12.5. The van der Waals surface area contributed by atoms with Gasteiger partial charge in [0.1, 0.15) is 0 Å². The molecule has 3 N–H and O–H groups in total. The number of nitrogens with two attached hydrogens (primary N) is 1. The number of halogens is 3. The average molecular weight is 250 g/mol. The molecule has 0 fully saturated rings. The lowest BCUT2D eigenvalue weighted by atomic mass is 10.1. The van der Waals surface area contributed by atoms with Crippen molar-refractivity contribution in [2.24, 2.45) is 5.84 Å². The van der Waals surface area contributed by atoms with E-state index in [1.165, 1.54) is 17.8 Å². The van der Waals surface area contributed by atoms with Gasteiger partial charge in [-0.25, -0.2) is 0 Å². The molecular formula is C10H13F3N2S. The van der Waals surface area contributed by atoms with Crippen molar-refractivity contribution in [3.8, 4) is 0 Å². The van der Waals surface area contributed by atoms with Crippen molar-refractivity contribution in [1.82, 2.24) is 5.43 Å². The lowest BCUT2D eigenvalue weighted by molar-refractivity contribution is -0.137. The molecule has 0 aliphatic heterocycles. The van der Waals surface area contributed by atoms with E-state index in [-0.39, 0.29) is 6.04 Å². The van der Waals surface area contributed by atoms with Gasteiger partial charge in [0.15, 0.2) is 0 Å². The molecule has 0 aliphatic rings. The van der Waals surface area contributed by atoms with Crippen molar-refractivity contribution < 1.29 is 13.2 Å². The predicted molar refractivity (Wildman–Crippen MR) is 59.9 cm³/mol. The largest absolute Gasteiger partial charge is 0.416 e. The number of hydrazine groups is 1. The molecule has 0 spiro atoms. The fourth-order valence-electron chi connectivity index (χ4n) is 1.34. The van der Waals surface area contributed by atoms with Crippen LogP contribution in [-0.2, 0) is 6.18 Å². The molecule has 6 heteroatoms. The van der Waals surface area contributed by atoms with Crippen LogP contribution in [0.1, 0.15) is 17.2 Å². The lowest BCUT2D eigenvalue weighted by Crippen LogP contribution is -2.29. The molecule has 2 nitrogen and oxygen atoms in total. The van der Waals surface area contributed by atoms with Crippen molar-refractivity contribution in [2.45, 2.75) is 12.2 Å². The first-order valence-corrected chi connectivity index (χ1v) is 6.00. The Labute approximate surface area is 96.4 Å². The van der Waals surface area contributed by atoms with Gasteiger partial charge in [0, 0.05) is 5.75 Å². The minimum Gasteiger partial charge on any atom is -0.271 e. The molecule has 1 unspecified atom stereocenters. The Morgan fingerprint density at radius 2 is 2.12 bits per heavy atom. The Hall–Kier alpha value is -0.720. The zero-order valence-corrected chi connectivity index (χ0v) is 9.53. The average Bonchev–Trinajstić information content (AvgIpc) is 2.25. The molecule has 0 aliphatic carbocycles. The third-order valence-corrected chi connectivity index (χ3v) is 2.82. The summed E-state index contributed by atoms with van der Waals surface area (Å²) >= 11 is 1.52. The predicted octanol–water partition coefficient (Wildman–Crippen LogP) is 2.57. The van der Waals surface area contributed by atoms with Gasteiger partial charge in [-0.05, 0) is 24.0 Å². The normalized spacial score (nSPS) is 13.8. The van der Waals surface area contributed by atoms with Gasteiger partial charge in [0.05, 0.1) is 11.6 Å². The van der Waals surface area contributed by atoms with Gasteiger partial charge in [-0.2, -0.15) is 24.9 Å². The minimum absolute atomic E-state index is 0.266. The highest BCUT2D eigenvalue weighted by Crippen LogP contribution is 2.31. The Balaban J connectivity index is 2.97. The second kappa shape index (κ2) is 5.56. The van der Waals surface area contributed by atoms with Crippen LogP contribution in [0.25, 0.3) is 0 Å². The monoisotopic (exact) mass is 250 g/mol. The number of hydrogen-bond acceptors (Lipinski definition) is 3. The van der Waals surface area contributed by atoms with Gasteiger partial charge in [0.2, 0.25) is 0 Å². The van der Waals surface area contributed by atoms with Gasteiger partial charge >= 0.3 is 6.18 Å². The van der Waals surface area contributed by atoms with Crippen LogP contribution < -0.4 is 11.3 Å². The van der Waals surface area contributed by atoms with Gasteiger partial charge in [-0.15, -0.1) is 0 Å². The minimum atomic E-state index is -4.31. The van der Waals surface area contributed by atoms with Crippen molar-refractivity contribution >= 4 is 11.8 Å². The number of hydrogen-bond donors (Lipinski definition) is 2. The fourth-order valence-corrected chi connectivity index (χ4v) is 1.96. The molecule has 0 aromatic heterocycles. The summed E-state index contributed by atoms with van der Waals surface area (Å²) in [7, 11) is 0. The number of alkyl halides is 3. The van der Waals surface area contributed by atoms with E-state index in [0.717, 1.165) is 12.1 Å². The van der Waals surface area contributed by atoms with Gasteiger partial charge in [-0.3, -0.25) is 11.3 Å². The van der Waals surface area contributed by atoms with Crippen molar-refractivity contribution in [1.29, 1.82) is 0 Å². The van der Waals surface area contributed by atoms with Gasteiger partial charge in [-0.1, -0.05) is 12.1 Å². The Morgan fingerprint density at radius 1 is 1.44 bits per heavy atom. The van der Waals surface area contributed by atoms with Crippen LogP contribution in [0, 0.1) is 0 Å². The maximum atomic E-state index is 12.5. The quantitative estimate of drug-likeness (QED) is 0.637. The standard InChI is InChI=1S/C10H13F3N2S/c1-16-6-9(15-14)7-3-2-4-8(5-7)10(11,12)13/h2-5,9,15H,6,14H2,1H3. The van der Waals surface area contributed by atoms with Crippen LogP contribution in [-0.4, -0.2) is 12.0 Å². The van der Waals surface area contributed by atoms with E-state index in [9.17, 15) is 13.2 Å². The van der Waals surface area contributed by atoms with E-state index in [2.05, 4.69) is 5.43 Å². The number of benzene rings is 1. The molecule has 0 radical (unpaired) electrons. The highest BCUT2D eigenvalue weighted by molar-refractivity contribution is 7.98. The van der Waals surface area contributed by atoms with Crippen molar-refractivity contribution in [3.05, 3.63) is 35.4 Å². The number of nitrogens with one attached hydrogen (secondary N) is 1. The zero-order valence-electron chi connectivity index (χ0n) is 8.71. The molecule has 1 aromatic rings. The van der Waals surface area contributed by atoms with Crippen LogP contribution in [0.3, 0.4) is 0 Å². The molecule has 90 valence electrons. The van der Waals surface area contributed by atoms with Crippen LogP contribution in [0.5, 0.6) is 0 Å².